The Labute approximate surface area is 235 Å². The minimum Gasteiger partial charge on any atom is -0.508 e. The van der Waals surface area contributed by atoms with Gasteiger partial charge in [0.05, 0.1) is 25.2 Å². The summed E-state index contributed by atoms with van der Waals surface area (Å²) in [6, 6.07) is -2.00. The third-order valence-electron chi connectivity index (χ3n) is 5.85. The molecule has 0 spiro atoms. The van der Waals surface area contributed by atoms with Gasteiger partial charge in [0.25, 0.3) is 0 Å². The monoisotopic (exact) mass is 583 g/mol. The van der Waals surface area contributed by atoms with Gasteiger partial charge < -0.3 is 52.5 Å². The van der Waals surface area contributed by atoms with Crippen LogP contribution in [0.4, 0.5) is 0 Å². The van der Waals surface area contributed by atoms with Crippen molar-refractivity contribution in [2.24, 2.45) is 11.7 Å². The summed E-state index contributed by atoms with van der Waals surface area (Å²) in [5, 5.41) is 56.4. The average Bonchev–Trinajstić information content (AvgIpc) is 2.88. The second kappa shape index (κ2) is 16.1. The molecule has 0 heterocycles. The molecular weight excluding hydrogens is 546 g/mol. The molecule has 1 aromatic carbocycles. The number of aliphatic hydroxyl groups excluding tert-OH is 2. The maximum Gasteiger partial charge on any atom is 0.326 e. The maximum absolute atomic E-state index is 13.0. The number of carboxylic acid groups (broad SMARTS) is 2. The second-order valence-corrected chi connectivity index (χ2v) is 9.68. The molecule has 0 radical (unpaired) electrons. The lowest BCUT2D eigenvalue weighted by molar-refractivity contribution is -0.143. The highest BCUT2D eigenvalue weighted by Crippen LogP contribution is 2.12. The molecule has 0 aromatic heterocycles. The molecule has 0 unspecified atom stereocenters. The van der Waals surface area contributed by atoms with Crippen LogP contribution in [0.25, 0.3) is 0 Å². The number of carbonyl (C=O) groups is 6. The van der Waals surface area contributed by atoms with Crippen LogP contribution in [0.5, 0.6) is 5.75 Å². The fourth-order valence-electron chi connectivity index (χ4n) is 3.52. The average molecular weight is 584 g/mol. The van der Waals surface area contributed by atoms with Crippen molar-refractivity contribution in [3.05, 3.63) is 29.8 Å². The molecule has 16 heteroatoms. The van der Waals surface area contributed by atoms with Crippen molar-refractivity contribution in [2.75, 3.05) is 6.61 Å². The number of carboxylic acids is 2. The first-order chi connectivity index (χ1) is 19.1. The fourth-order valence-corrected chi connectivity index (χ4v) is 3.52. The first-order valence-corrected chi connectivity index (χ1v) is 12.6. The Morgan fingerprint density at radius 3 is 1.76 bits per heavy atom. The van der Waals surface area contributed by atoms with Gasteiger partial charge in [-0.15, -0.1) is 0 Å². The third kappa shape index (κ3) is 11.4. The number of aromatic hydroxyl groups is 1. The lowest BCUT2D eigenvalue weighted by Crippen LogP contribution is -2.61. The van der Waals surface area contributed by atoms with E-state index in [1.165, 1.54) is 24.3 Å². The lowest BCUT2D eigenvalue weighted by Gasteiger charge is -2.27. The number of aliphatic hydroxyl groups is 2. The molecule has 0 aliphatic carbocycles. The van der Waals surface area contributed by atoms with Crippen molar-refractivity contribution < 1.29 is 54.3 Å². The maximum atomic E-state index is 13.0. The fraction of sp³-hybridized carbons (Fsp3) is 0.520. The number of amides is 4. The molecule has 41 heavy (non-hydrogen) atoms. The number of aliphatic carboxylic acids is 2. The topological polar surface area (TPSA) is 278 Å². The number of nitrogens with one attached hydrogen (secondary N) is 4. The summed E-state index contributed by atoms with van der Waals surface area (Å²) in [5.74, 6) is -7.39. The number of phenolic OH excluding ortho intramolecular Hbond substituents is 1. The summed E-state index contributed by atoms with van der Waals surface area (Å²) in [6.07, 6.45) is -2.45. The summed E-state index contributed by atoms with van der Waals surface area (Å²) in [4.78, 5) is 73.4. The van der Waals surface area contributed by atoms with E-state index in [9.17, 15) is 49.2 Å². The van der Waals surface area contributed by atoms with E-state index in [-0.39, 0.29) is 12.2 Å². The van der Waals surface area contributed by atoms with Gasteiger partial charge in [0.15, 0.2) is 0 Å². The van der Waals surface area contributed by atoms with Gasteiger partial charge in [-0.25, -0.2) is 4.79 Å². The largest absolute Gasteiger partial charge is 0.508 e. The minimum absolute atomic E-state index is 0.0590. The predicted molar refractivity (Wildman–Crippen MR) is 141 cm³/mol. The summed E-state index contributed by atoms with van der Waals surface area (Å²) in [5.41, 5.74) is 5.94. The summed E-state index contributed by atoms with van der Waals surface area (Å²) in [7, 11) is 0. The quantitative estimate of drug-likeness (QED) is 0.0920. The molecule has 228 valence electrons. The lowest BCUT2D eigenvalue weighted by atomic mass is 10.0. The number of nitrogens with two attached hydrogens (primary N) is 1. The van der Waals surface area contributed by atoms with Crippen LogP contribution >= 0.6 is 0 Å². The van der Waals surface area contributed by atoms with Gasteiger partial charge in [-0.05, 0) is 30.5 Å². The second-order valence-electron chi connectivity index (χ2n) is 9.68. The highest BCUT2D eigenvalue weighted by atomic mass is 16.4. The number of carbonyl (C=O) groups excluding carboxylic acids is 4. The number of rotatable bonds is 16. The van der Waals surface area contributed by atoms with Crippen LogP contribution in [0, 0.1) is 5.92 Å². The zero-order valence-corrected chi connectivity index (χ0v) is 22.7. The molecule has 0 saturated heterocycles. The van der Waals surface area contributed by atoms with Crippen LogP contribution in [0.15, 0.2) is 24.3 Å². The Morgan fingerprint density at radius 2 is 1.29 bits per heavy atom. The molecule has 0 saturated carbocycles. The zero-order chi connectivity index (χ0) is 31.4. The molecule has 0 bridgehead atoms. The van der Waals surface area contributed by atoms with E-state index in [2.05, 4.69) is 21.3 Å². The van der Waals surface area contributed by atoms with Crippen LogP contribution in [0.3, 0.4) is 0 Å². The summed E-state index contributed by atoms with van der Waals surface area (Å²) in [6.45, 7) is 3.28. The number of benzene rings is 1. The predicted octanol–water partition coefficient (Wildman–Crippen LogP) is -3.21. The van der Waals surface area contributed by atoms with Crippen molar-refractivity contribution in [2.45, 2.75) is 69.9 Å². The summed E-state index contributed by atoms with van der Waals surface area (Å²) >= 11 is 0. The Balaban J connectivity index is 3.11. The van der Waals surface area contributed by atoms with Crippen molar-refractivity contribution in [1.29, 1.82) is 0 Å². The van der Waals surface area contributed by atoms with Gasteiger partial charge in [0.2, 0.25) is 23.6 Å². The SMILES string of the molecule is CC(C)[C@H](NC(=O)[C@H](Cc1ccc(O)cc1)NC(=O)[C@H](CO)NC(=O)[C@@H](NC(=O)[C@@H](N)CC(=O)O)[C@@H](C)O)C(=O)O. The molecule has 6 atom stereocenters. The van der Waals surface area contributed by atoms with Gasteiger partial charge in [-0.3, -0.25) is 24.0 Å². The summed E-state index contributed by atoms with van der Waals surface area (Å²) < 4.78 is 0. The minimum atomic E-state index is -1.69. The Bertz CT molecular complexity index is 1090. The van der Waals surface area contributed by atoms with Crippen molar-refractivity contribution in [1.82, 2.24) is 21.3 Å². The highest BCUT2D eigenvalue weighted by molar-refractivity contribution is 5.96. The van der Waals surface area contributed by atoms with Crippen LogP contribution in [0.1, 0.15) is 32.8 Å². The number of hydrogen-bond acceptors (Lipinski definition) is 10. The van der Waals surface area contributed by atoms with Gasteiger partial charge in [-0.2, -0.15) is 0 Å². The molecule has 0 aliphatic rings. The van der Waals surface area contributed by atoms with Gasteiger partial charge in [0.1, 0.15) is 29.9 Å². The zero-order valence-electron chi connectivity index (χ0n) is 22.7. The van der Waals surface area contributed by atoms with E-state index in [1.807, 2.05) is 0 Å². The van der Waals surface area contributed by atoms with Gasteiger partial charge >= 0.3 is 11.9 Å². The standard InChI is InChI=1S/C25H37N5O11/c1-11(2)19(25(40)41)29-22(37)16(8-13-4-6-14(33)7-5-13)27-23(38)17(10-31)28-24(39)20(12(3)32)30-21(36)15(26)9-18(34)35/h4-7,11-12,15-17,19-20,31-33H,8-10,26H2,1-3H3,(H,27,38)(H,28,39)(H,29,37)(H,30,36)(H,34,35)(H,40,41)/t12-,15+,16+,17+,19+,20+/m1/s1. The van der Waals surface area contributed by atoms with Gasteiger partial charge in [0, 0.05) is 6.42 Å². The molecule has 4 amide bonds. The molecule has 11 N–H and O–H groups in total. The van der Waals surface area contributed by atoms with Crippen molar-refractivity contribution in [3.8, 4) is 5.75 Å². The Hall–Kier alpha value is -4.28. The van der Waals surface area contributed by atoms with Crippen LogP contribution in [-0.2, 0) is 35.2 Å². The molecule has 0 aliphatic heterocycles. The first-order valence-electron chi connectivity index (χ1n) is 12.6. The van der Waals surface area contributed by atoms with E-state index >= 15 is 0 Å². The molecule has 16 nitrogen and oxygen atoms in total. The normalized spacial score (nSPS) is 15.4. The van der Waals surface area contributed by atoms with Crippen LogP contribution < -0.4 is 27.0 Å². The Kier molecular flexibility index (Phi) is 13.6. The van der Waals surface area contributed by atoms with Crippen molar-refractivity contribution >= 4 is 35.6 Å². The highest BCUT2D eigenvalue weighted by Gasteiger charge is 2.34. The molecule has 1 rings (SSSR count). The number of hydrogen-bond donors (Lipinski definition) is 10. The third-order valence-corrected chi connectivity index (χ3v) is 5.85. The van der Waals surface area contributed by atoms with E-state index in [0.717, 1.165) is 6.92 Å². The van der Waals surface area contributed by atoms with E-state index in [4.69, 9.17) is 10.8 Å². The molecule has 1 aromatic rings. The first kappa shape index (κ1) is 34.7. The van der Waals surface area contributed by atoms with E-state index in [1.54, 1.807) is 13.8 Å². The van der Waals surface area contributed by atoms with E-state index < -0.39 is 90.8 Å². The van der Waals surface area contributed by atoms with E-state index in [0.29, 0.717) is 5.56 Å². The van der Waals surface area contributed by atoms with Crippen LogP contribution in [-0.4, -0.2) is 104 Å². The van der Waals surface area contributed by atoms with Crippen molar-refractivity contribution in [3.63, 3.8) is 0 Å². The van der Waals surface area contributed by atoms with Crippen LogP contribution in [0.2, 0.25) is 0 Å². The molecular formula is C25H37N5O11. The Morgan fingerprint density at radius 1 is 0.780 bits per heavy atom. The smallest absolute Gasteiger partial charge is 0.326 e. The van der Waals surface area contributed by atoms with Gasteiger partial charge in [-0.1, -0.05) is 26.0 Å². The number of phenols is 1. The molecule has 0 fully saturated rings.